The second-order valence-corrected chi connectivity index (χ2v) is 5.89. The molecule has 0 unspecified atom stereocenters. The number of ether oxygens (including phenoxy) is 1. The Morgan fingerprint density at radius 2 is 1.83 bits per heavy atom. The number of esters is 1. The zero-order valence-electron chi connectivity index (χ0n) is 12.1. The highest BCUT2D eigenvalue weighted by atomic mass is 79.9. The van der Waals surface area contributed by atoms with Gasteiger partial charge in [-0.05, 0) is 35.8 Å². The van der Waals surface area contributed by atoms with Gasteiger partial charge >= 0.3 is 5.97 Å². The lowest BCUT2D eigenvalue weighted by Crippen LogP contribution is -2.05. The van der Waals surface area contributed by atoms with E-state index in [2.05, 4.69) is 20.9 Å². The summed E-state index contributed by atoms with van der Waals surface area (Å²) in [6, 6.07) is 14.1. The third-order valence-corrected chi connectivity index (χ3v) is 4.15. The van der Waals surface area contributed by atoms with Gasteiger partial charge in [-0.2, -0.15) is 0 Å². The molecule has 2 aromatic carbocycles. The predicted molar refractivity (Wildman–Crippen MR) is 90.4 cm³/mol. The fraction of sp³-hybridized carbons (Fsp3) is 0.111. The first-order valence-corrected chi connectivity index (χ1v) is 7.92. The van der Waals surface area contributed by atoms with E-state index in [1.54, 1.807) is 24.3 Å². The van der Waals surface area contributed by atoms with Crippen molar-refractivity contribution >= 4 is 33.9 Å². The first-order chi connectivity index (χ1) is 11.1. The lowest BCUT2D eigenvalue weighted by Gasteiger charge is -2.01. The van der Waals surface area contributed by atoms with Crippen LogP contribution in [0.3, 0.4) is 0 Å². The maximum atomic E-state index is 13.6. The van der Waals surface area contributed by atoms with E-state index in [1.165, 1.54) is 6.07 Å². The maximum Gasteiger partial charge on any atom is 0.363 e. The summed E-state index contributed by atoms with van der Waals surface area (Å²) < 4.78 is 19.6. The minimum absolute atomic E-state index is 0.250. The Labute approximate surface area is 141 Å². The molecule has 0 fully saturated rings. The Bertz CT molecular complexity index is 814. The number of aliphatic imine (C=N–C) groups is 1. The molecule has 0 radical (unpaired) electrons. The highest BCUT2D eigenvalue weighted by molar-refractivity contribution is 9.10. The summed E-state index contributed by atoms with van der Waals surface area (Å²) in [6.45, 7) is 0. The molecule has 0 saturated carbocycles. The highest BCUT2D eigenvalue weighted by Gasteiger charge is 2.23. The van der Waals surface area contributed by atoms with Crippen LogP contribution in [0.5, 0.6) is 0 Å². The number of hydrogen-bond acceptors (Lipinski definition) is 3. The number of carbonyl (C=O) groups excluding carboxylic acids is 1. The van der Waals surface area contributed by atoms with Crippen molar-refractivity contribution in [2.45, 2.75) is 12.8 Å². The second kappa shape index (κ2) is 6.87. The van der Waals surface area contributed by atoms with E-state index in [4.69, 9.17) is 4.74 Å². The number of hydrogen-bond donors (Lipinski definition) is 0. The minimum Gasteiger partial charge on any atom is -0.407 e. The first-order valence-electron chi connectivity index (χ1n) is 7.13. The van der Waals surface area contributed by atoms with E-state index in [0.717, 1.165) is 10.0 Å². The van der Waals surface area contributed by atoms with Crippen molar-refractivity contribution in [3.05, 3.63) is 75.6 Å². The molecule has 0 atom stereocenters. The molecule has 0 spiro atoms. The minimum atomic E-state index is -0.482. The summed E-state index contributed by atoms with van der Waals surface area (Å²) in [4.78, 5) is 16.1. The number of aryl methyl sites for hydroxylation is 1. The van der Waals surface area contributed by atoms with Gasteiger partial charge in [-0.25, -0.2) is 14.2 Å². The molecule has 3 rings (SSSR count). The summed E-state index contributed by atoms with van der Waals surface area (Å²) in [5, 5.41) is 0. The second-order valence-electron chi connectivity index (χ2n) is 5.04. The van der Waals surface area contributed by atoms with Crippen molar-refractivity contribution in [3.8, 4) is 0 Å². The van der Waals surface area contributed by atoms with Gasteiger partial charge in [0, 0.05) is 10.9 Å². The molecule has 0 aromatic heterocycles. The molecule has 2 aromatic rings. The maximum absolute atomic E-state index is 13.6. The highest BCUT2D eigenvalue weighted by Crippen LogP contribution is 2.23. The summed E-state index contributed by atoms with van der Waals surface area (Å²) in [7, 11) is 0. The molecule has 1 heterocycles. The van der Waals surface area contributed by atoms with E-state index < -0.39 is 5.97 Å². The molecule has 0 aliphatic carbocycles. The van der Waals surface area contributed by atoms with Crippen molar-refractivity contribution in [3.63, 3.8) is 0 Å². The monoisotopic (exact) mass is 373 g/mol. The zero-order valence-corrected chi connectivity index (χ0v) is 13.7. The van der Waals surface area contributed by atoms with Gasteiger partial charge < -0.3 is 4.74 Å². The summed E-state index contributed by atoms with van der Waals surface area (Å²) in [6.07, 6.45) is 2.48. The van der Waals surface area contributed by atoms with E-state index in [-0.39, 0.29) is 11.5 Å². The molecule has 0 N–H and O–H groups in total. The molecule has 0 amide bonds. The number of carbonyl (C=O) groups is 1. The molecule has 0 bridgehead atoms. The first kappa shape index (κ1) is 15.6. The normalized spacial score (nSPS) is 15.7. The number of cyclic esters (lactones) is 1. The van der Waals surface area contributed by atoms with Gasteiger partial charge in [0.05, 0.1) is 0 Å². The Balaban J connectivity index is 1.74. The summed E-state index contributed by atoms with van der Waals surface area (Å²) in [5.41, 5.74) is 1.67. The molecule has 1 aliphatic rings. The van der Waals surface area contributed by atoms with Crippen LogP contribution in [0.25, 0.3) is 6.08 Å². The summed E-state index contributed by atoms with van der Waals surface area (Å²) in [5.74, 6) is -0.428. The van der Waals surface area contributed by atoms with Gasteiger partial charge in [0.15, 0.2) is 11.6 Å². The fourth-order valence-electron chi connectivity index (χ4n) is 2.24. The van der Waals surface area contributed by atoms with Crippen molar-refractivity contribution in [1.82, 2.24) is 0 Å². The van der Waals surface area contributed by atoms with Gasteiger partial charge in [0.25, 0.3) is 0 Å². The Hall–Kier alpha value is -2.27. The van der Waals surface area contributed by atoms with Crippen LogP contribution in [0.4, 0.5) is 4.39 Å². The van der Waals surface area contributed by atoms with Crippen molar-refractivity contribution in [1.29, 1.82) is 0 Å². The van der Waals surface area contributed by atoms with Crippen molar-refractivity contribution in [2.24, 2.45) is 4.99 Å². The van der Waals surface area contributed by atoms with Crippen LogP contribution in [0, 0.1) is 5.82 Å². The topological polar surface area (TPSA) is 38.7 Å². The molecule has 3 nitrogen and oxygen atoms in total. The predicted octanol–water partition coefficient (Wildman–Crippen LogP) is 4.52. The molecular weight excluding hydrogens is 361 g/mol. The van der Waals surface area contributed by atoms with E-state index in [9.17, 15) is 9.18 Å². The zero-order chi connectivity index (χ0) is 16.2. The third-order valence-electron chi connectivity index (χ3n) is 3.43. The quantitative estimate of drug-likeness (QED) is 0.583. The van der Waals surface area contributed by atoms with E-state index in [1.807, 2.05) is 24.3 Å². The van der Waals surface area contributed by atoms with Gasteiger partial charge in [0.1, 0.15) is 5.82 Å². The molecule has 23 heavy (non-hydrogen) atoms. The Morgan fingerprint density at radius 3 is 2.61 bits per heavy atom. The van der Waals surface area contributed by atoms with Crippen LogP contribution >= 0.6 is 15.9 Å². The average Bonchev–Trinajstić information content (AvgIpc) is 2.89. The fourth-order valence-corrected chi connectivity index (χ4v) is 2.64. The Kier molecular flexibility index (Phi) is 4.67. The van der Waals surface area contributed by atoms with Gasteiger partial charge in [-0.1, -0.05) is 52.3 Å². The SMILES string of the molecule is O=C1OC(CCc2ccccc2F)=N/C1=C\c1ccccc1Br. The van der Waals surface area contributed by atoms with Gasteiger partial charge in [-0.15, -0.1) is 0 Å². The number of benzene rings is 2. The Morgan fingerprint density at radius 1 is 1.09 bits per heavy atom. The molecule has 0 saturated heterocycles. The molecule has 116 valence electrons. The number of rotatable bonds is 4. The standard InChI is InChI=1S/C18H13BrFNO2/c19-14-7-3-1-6-13(14)11-16-18(22)23-17(21-16)10-9-12-5-2-4-8-15(12)20/h1-8,11H,9-10H2/b16-11-. The molecular formula is C18H13BrFNO2. The van der Waals surface area contributed by atoms with Crippen LogP contribution in [-0.2, 0) is 16.0 Å². The van der Waals surface area contributed by atoms with Crippen molar-refractivity contribution < 1.29 is 13.9 Å². The lowest BCUT2D eigenvalue weighted by atomic mass is 10.1. The molecule has 5 heteroatoms. The van der Waals surface area contributed by atoms with Crippen LogP contribution < -0.4 is 0 Å². The van der Waals surface area contributed by atoms with Gasteiger partial charge in [0.2, 0.25) is 0 Å². The average molecular weight is 374 g/mol. The largest absolute Gasteiger partial charge is 0.407 e. The van der Waals surface area contributed by atoms with Crippen LogP contribution in [0.15, 0.2) is 63.7 Å². The van der Waals surface area contributed by atoms with Gasteiger partial charge in [-0.3, -0.25) is 0 Å². The van der Waals surface area contributed by atoms with E-state index in [0.29, 0.717) is 24.3 Å². The number of nitrogens with zero attached hydrogens (tertiary/aromatic N) is 1. The van der Waals surface area contributed by atoms with Crippen LogP contribution in [0.2, 0.25) is 0 Å². The van der Waals surface area contributed by atoms with Crippen molar-refractivity contribution in [2.75, 3.05) is 0 Å². The summed E-state index contributed by atoms with van der Waals surface area (Å²) >= 11 is 3.42. The van der Waals surface area contributed by atoms with Crippen LogP contribution in [-0.4, -0.2) is 11.9 Å². The molecule has 1 aliphatic heterocycles. The third kappa shape index (κ3) is 3.74. The lowest BCUT2D eigenvalue weighted by molar-refractivity contribution is -0.130. The number of halogens is 2. The van der Waals surface area contributed by atoms with E-state index >= 15 is 0 Å². The smallest absolute Gasteiger partial charge is 0.363 e. The van der Waals surface area contributed by atoms with Crippen LogP contribution in [0.1, 0.15) is 17.5 Å².